The molecule has 0 bridgehead atoms. The lowest BCUT2D eigenvalue weighted by atomic mass is 10.0. The van der Waals surface area contributed by atoms with Crippen molar-refractivity contribution >= 4 is 30.7 Å². The van der Waals surface area contributed by atoms with Gasteiger partial charge in [0.25, 0.3) is 0 Å². The maximum Gasteiger partial charge on any atom is 0.244 e. The molecule has 4 nitrogen and oxygen atoms in total. The molecule has 1 aromatic carbocycles. The summed E-state index contributed by atoms with van der Waals surface area (Å²) in [6.07, 6.45) is 1.01. The molecule has 2 rings (SSSR count). The highest BCUT2D eigenvalue weighted by Crippen LogP contribution is 2.28. The monoisotopic (exact) mass is 347 g/mol. The summed E-state index contributed by atoms with van der Waals surface area (Å²) in [4.78, 5) is 16.9. The molecule has 2 N–H and O–H groups in total. The second-order valence-corrected chi connectivity index (χ2v) is 5.95. The average Bonchev–Trinajstić information content (AvgIpc) is 2.81. The molecule has 126 valence electrons. The van der Waals surface area contributed by atoms with Gasteiger partial charge in [0.2, 0.25) is 5.91 Å². The highest BCUT2D eigenvalue weighted by atomic mass is 35.5. The molecule has 0 spiro atoms. The molecule has 1 aliphatic heterocycles. The van der Waals surface area contributed by atoms with Gasteiger partial charge in [-0.25, -0.2) is 0 Å². The van der Waals surface area contributed by atoms with E-state index in [1.54, 1.807) is 0 Å². The van der Waals surface area contributed by atoms with Gasteiger partial charge in [-0.2, -0.15) is 0 Å². The van der Waals surface area contributed by atoms with Crippen LogP contribution in [0.25, 0.3) is 0 Å². The van der Waals surface area contributed by atoms with Crippen LogP contribution >= 0.6 is 24.8 Å². The summed E-state index contributed by atoms with van der Waals surface area (Å²) >= 11 is 0. The second kappa shape index (κ2) is 9.36. The smallest absolute Gasteiger partial charge is 0.244 e. The van der Waals surface area contributed by atoms with Gasteiger partial charge in [-0.3, -0.25) is 9.69 Å². The summed E-state index contributed by atoms with van der Waals surface area (Å²) in [6, 6.07) is 10.0. The number of likely N-dealkylation sites (tertiary alicyclic amines) is 1. The Bertz CT molecular complexity index is 456. The van der Waals surface area contributed by atoms with Crippen LogP contribution in [0.15, 0.2) is 30.3 Å². The second-order valence-electron chi connectivity index (χ2n) is 5.95. The van der Waals surface area contributed by atoms with Crippen LogP contribution < -0.4 is 5.73 Å². The third-order valence-corrected chi connectivity index (χ3v) is 4.14. The van der Waals surface area contributed by atoms with Crippen molar-refractivity contribution in [1.29, 1.82) is 0 Å². The van der Waals surface area contributed by atoms with Crippen molar-refractivity contribution in [3.05, 3.63) is 35.9 Å². The van der Waals surface area contributed by atoms with Crippen molar-refractivity contribution in [2.45, 2.75) is 25.4 Å². The number of benzene rings is 1. The minimum absolute atomic E-state index is 0. The Labute approximate surface area is 145 Å². The van der Waals surface area contributed by atoms with E-state index < -0.39 is 0 Å². The first-order chi connectivity index (χ1) is 9.54. The molecule has 0 aliphatic carbocycles. The first-order valence-electron chi connectivity index (χ1n) is 7.26. The molecule has 0 aromatic heterocycles. The predicted octanol–water partition coefficient (Wildman–Crippen LogP) is 2.33. The van der Waals surface area contributed by atoms with E-state index in [0.29, 0.717) is 12.5 Å². The van der Waals surface area contributed by atoms with Crippen LogP contribution in [0.5, 0.6) is 0 Å². The van der Waals surface area contributed by atoms with Crippen molar-refractivity contribution in [3.63, 3.8) is 0 Å². The van der Waals surface area contributed by atoms with E-state index in [2.05, 4.69) is 6.92 Å². The Hall–Kier alpha value is -0.810. The van der Waals surface area contributed by atoms with Crippen LogP contribution in [0.2, 0.25) is 0 Å². The maximum absolute atomic E-state index is 12.9. The SMILES string of the molecule is CC1CC(CN)CN1C(=O)C(c1ccccc1)N(C)C.Cl.Cl. The van der Waals surface area contributed by atoms with Crippen LogP contribution in [0, 0.1) is 5.92 Å². The zero-order valence-corrected chi connectivity index (χ0v) is 15.1. The lowest BCUT2D eigenvalue weighted by molar-refractivity contribution is -0.137. The lowest BCUT2D eigenvalue weighted by Gasteiger charge is -2.31. The van der Waals surface area contributed by atoms with E-state index in [-0.39, 0.29) is 42.8 Å². The molecule has 3 unspecified atom stereocenters. The van der Waals surface area contributed by atoms with Gasteiger partial charge in [0, 0.05) is 12.6 Å². The molecule has 22 heavy (non-hydrogen) atoms. The average molecular weight is 348 g/mol. The summed E-state index contributed by atoms with van der Waals surface area (Å²) < 4.78 is 0. The number of carbonyl (C=O) groups is 1. The van der Waals surface area contributed by atoms with Crippen molar-refractivity contribution in [3.8, 4) is 0 Å². The van der Waals surface area contributed by atoms with Gasteiger partial charge in [0.1, 0.15) is 6.04 Å². The van der Waals surface area contributed by atoms with Crippen molar-refractivity contribution in [2.75, 3.05) is 27.2 Å². The van der Waals surface area contributed by atoms with E-state index in [1.165, 1.54) is 0 Å². The highest BCUT2D eigenvalue weighted by Gasteiger charge is 2.36. The number of nitrogens with zero attached hydrogens (tertiary/aromatic N) is 2. The van der Waals surface area contributed by atoms with Crippen LogP contribution in [-0.4, -0.2) is 48.9 Å². The first kappa shape index (κ1) is 21.2. The summed E-state index contributed by atoms with van der Waals surface area (Å²) in [7, 11) is 3.91. The number of halogens is 2. The predicted molar refractivity (Wildman–Crippen MR) is 95.7 cm³/mol. The summed E-state index contributed by atoms with van der Waals surface area (Å²) in [6.45, 7) is 3.56. The van der Waals surface area contributed by atoms with Crippen LogP contribution in [0.3, 0.4) is 0 Å². The van der Waals surface area contributed by atoms with E-state index in [9.17, 15) is 4.79 Å². The Morgan fingerprint density at radius 3 is 2.36 bits per heavy atom. The summed E-state index contributed by atoms with van der Waals surface area (Å²) in [5, 5.41) is 0. The molecule has 0 radical (unpaired) electrons. The van der Waals surface area contributed by atoms with E-state index in [1.807, 2.05) is 54.2 Å². The fourth-order valence-electron chi connectivity index (χ4n) is 3.07. The van der Waals surface area contributed by atoms with E-state index >= 15 is 0 Å². The number of nitrogens with two attached hydrogens (primary N) is 1. The molecule has 1 saturated heterocycles. The van der Waals surface area contributed by atoms with Crippen LogP contribution in [0.4, 0.5) is 0 Å². The maximum atomic E-state index is 12.9. The normalized spacial score (nSPS) is 22.0. The topological polar surface area (TPSA) is 49.6 Å². The van der Waals surface area contributed by atoms with E-state index in [4.69, 9.17) is 5.73 Å². The van der Waals surface area contributed by atoms with Gasteiger partial charge in [0.05, 0.1) is 0 Å². The van der Waals surface area contributed by atoms with Gasteiger partial charge >= 0.3 is 0 Å². The summed E-state index contributed by atoms with van der Waals surface area (Å²) in [5.41, 5.74) is 6.80. The number of likely N-dealkylation sites (N-methyl/N-ethyl adjacent to an activating group) is 1. The Morgan fingerprint density at radius 2 is 1.91 bits per heavy atom. The molecule has 1 amide bonds. The summed E-state index contributed by atoms with van der Waals surface area (Å²) in [5.74, 6) is 0.622. The number of hydrogen-bond donors (Lipinski definition) is 1. The fourth-order valence-corrected chi connectivity index (χ4v) is 3.07. The van der Waals surface area contributed by atoms with Crippen LogP contribution in [-0.2, 0) is 4.79 Å². The van der Waals surface area contributed by atoms with Gasteiger partial charge in [-0.05, 0) is 45.5 Å². The fraction of sp³-hybridized carbons (Fsp3) is 0.562. The molecular formula is C16H27Cl2N3O. The number of carbonyl (C=O) groups excluding carboxylic acids is 1. The molecule has 1 fully saturated rings. The third-order valence-electron chi connectivity index (χ3n) is 4.14. The molecule has 1 aliphatic rings. The minimum atomic E-state index is -0.213. The Kier molecular flexibility index (Phi) is 9.01. The number of amides is 1. The lowest BCUT2D eigenvalue weighted by Crippen LogP contribution is -2.42. The largest absolute Gasteiger partial charge is 0.338 e. The zero-order chi connectivity index (χ0) is 14.7. The standard InChI is InChI=1S/C16H25N3O.2ClH/c1-12-9-13(10-17)11-19(12)16(20)15(18(2)3)14-7-5-4-6-8-14;;/h4-8,12-13,15H,9-11,17H2,1-3H3;2*1H. The molecule has 1 heterocycles. The molecule has 0 saturated carbocycles. The quantitative estimate of drug-likeness (QED) is 0.909. The molecule has 1 aromatic rings. The molecular weight excluding hydrogens is 321 g/mol. The number of rotatable bonds is 4. The van der Waals surface area contributed by atoms with Gasteiger partial charge in [0.15, 0.2) is 0 Å². The van der Waals surface area contributed by atoms with Gasteiger partial charge < -0.3 is 10.6 Å². The molecule has 6 heteroatoms. The van der Waals surface area contributed by atoms with Gasteiger partial charge in [-0.15, -0.1) is 24.8 Å². The highest BCUT2D eigenvalue weighted by molar-refractivity contribution is 5.85. The van der Waals surface area contributed by atoms with Crippen molar-refractivity contribution in [1.82, 2.24) is 9.80 Å². The molecule has 3 atom stereocenters. The van der Waals surface area contributed by atoms with E-state index in [0.717, 1.165) is 18.5 Å². The Balaban J connectivity index is 0.00000220. The Morgan fingerprint density at radius 1 is 1.32 bits per heavy atom. The number of hydrogen-bond acceptors (Lipinski definition) is 3. The zero-order valence-electron chi connectivity index (χ0n) is 13.4. The van der Waals surface area contributed by atoms with Crippen LogP contribution in [0.1, 0.15) is 24.9 Å². The first-order valence-corrected chi connectivity index (χ1v) is 7.26. The van der Waals surface area contributed by atoms with Crippen molar-refractivity contribution in [2.24, 2.45) is 11.7 Å². The third kappa shape index (κ3) is 4.59. The van der Waals surface area contributed by atoms with Gasteiger partial charge in [-0.1, -0.05) is 30.3 Å². The van der Waals surface area contributed by atoms with Crippen molar-refractivity contribution < 1.29 is 4.79 Å². The minimum Gasteiger partial charge on any atom is -0.338 e.